The number of aliphatic hydroxyl groups is 1. The van der Waals surface area contributed by atoms with Crippen molar-refractivity contribution in [2.24, 2.45) is 0 Å². The molecule has 0 spiro atoms. The molecule has 1 aromatic heterocycles. The van der Waals surface area contributed by atoms with Gasteiger partial charge in [0.05, 0.1) is 28.4 Å². The van der Waals surface area contributed by atoms with Gasteiger partial charge in [0.2, 0.25) is 0 Å². The number of nitrogens with one attached hydrogen (secondary N) is 2. The molecule has 10 heteroatoms. The number of carbonyl (C=O) groups is 1. The van der Waals surface area contributed by atoms with Crippen molar-refractivity contribution >= 4 is 34.2 Å². The third-order valence-corrected chi connectivity index (χ3v) is 6.76. The summed E-state index contributed by atoms with van der Waals surface area (Å²) in [4.78, 5) is 18.6. The molecule has 1 aliphatic carbocycles. The molecule has 2 fully saturated rings. The Labute approximate surface area is 219 Å². The number of aromatic nitrogens is 1. The Hall–Kier alpha value is -3.58. The van der Waals surface area contributed by atoms with Crippen LogP contribution >= 0.6 is 11.6 Å². The molecule has 2 aromatic carbocycles. The summed E-state index contributed by atoms with van der Waals surface area (Å²) in [7, 11) is 0. The first-order valence-electron chi connectivity index (χ1n) is 12.4. The number of rotatable bonds is 9. The van der Waals surface area contributed by atoms with E-state index in [9.17, 15) is 15.2 Å². The van der Waals surface area contributed by atoms with Crippen LogP contribution in [-0.2, 0) is 0 Å². The molecule has 9 nitrogen and oxygen atoms in total. The molecular formula is C27H28ClN5O4. The summed E-state index contributed by atoms with van der Waals surface area (Å²) < 4.78 is 12.0. The predicted octanol–water partition coefficient (Wildman–Crippen LogP) is 5.02. The zero-order valence-electron chi connectivity index (χ0n) is 20.2. The van der Waals surface area contributed by atoms with Crippen LogP contribution in [-0.4, -0.2) is 53.0 Å². The fourth-order valence-electron chi connectivity index (χ4n) is 4.33. The van der Waals surface area contributed by atoms with E-state index in [-0.39, 0.29) is 18.3 Å². The lowest BCUT2D eigenvalue weighted by Crippen LogP contribution is -2.30. The highest BCUT2D eigenvalue weighted by molar-refractivity contribution is 6.33. The van der Waals surface area contributed by atoms with Crippen molar-refractivity contribution in [1.29, 1.82) is 5.26 Å². The molecule has 5 rings (SSSR count). The van der Waals surface area contributed by atoms with E-state index < -0.39 is 0 Å². The van der Waals surface area contributed by atoms with Gasteiger partial charge in [-0.25, -0.2) is 4.79 Å². The Morgan fingerprint density at radius 3 is 2.84 bits per heavy atom. The van der Waals surface area contributed by atoms with Gasteiger partial charge in [0, 0.05) is 42.8 Å². The summed E-state index contributed by atoms with van der Waals surface area (Å²) in [5.74, 6) is 1.44. The molecule has 0 bridgehead atoms. The van der Waals surface area contributed by atoms with Gasteiger partial charge in [0.25, 0.3) is 0 Å². The standard InChI is InChI=1S/C27H28ClN5O4/c28-21-7-6-19(14-23(21)32-27(35)31-18-4-5-18)37-24-8-9-30-22-15-25(17(16-29)13-20(22)24)36-12-2-11-33-10-1-3-26(33)34/h6-9,13-15,18,26,34H,1-5,10-12H2,(H2,31,32,35)/t26-/m1/s1. The monoisotopic (exact) mass is 521 g/mol. The largest absolute Gasteiger partial charge is 0.492 e. The zero-order valence-corrected chi connectivity index (χ0v) is 21.0. The lowest BCUT2D eigenvalue weighted by atomic mass is 10.1. The average molecular weight is 522 g/mol. The number of hydrogen-bond donors (Lipinski definition) is 3. The summed E-state index contributed by atoms with van der Waals surface area (Å²) in [6.07, 6.45) is 5.78. The van der Waals surface area contributed by atoms with Crippen LogP contribution in [0, 0.1) is 11.3 Å². The summed E-state index contributed by atoms with van der Waals surface area (Å²) in [5.41, 5.74) is 1.44. The predicted molar refractivity (Wildman–Crippen MR) is 140 cm³/mol. The third-order valence-electron chi connectivity index (χ3n) is 6.43. The molecule has 0 radical (unpaired) electrons. The number of nitrogens with zero attached hydrogens (tertiary/aromatic N) is 3. The lowest BCUT2D eigenvalue weighted by molar-refractivity contribution is 0.0353. The molecule has 2 heterocycles. The van der Waals surface area contributed by atoms with Crippen molar-refractivity contribution in [1.82, 2.24) is 15.2 Å². The minimum absolute atomic E-state index is 0.225. The number of amides is 2. The number of benzene rings is 2. The number of pyridine rings is 1. The first kappa shape index (κ1) is 25.1. The Balaban J connectivity index is 1.29. The second kappa shape index (κ2) is 11.2. The smallest absolute Gasteiger partial charge is 0.319 e. The molecule has 0 unspecified atom stereocenters. The van der Waals surface area contributed by atoms with Crippen LogP contribution in [0.4, 0.5) is 10.5 Å². The number of anilines is 1. The number of halogens is 1. The number of likely N-dealkylation sites (tertiary alicyclic amines) is 1. The van der Waals surface area contributed by atoms with Crippen molar-refractivity contribution in [3.8, 4) is 23.3 Å². The van der Waals surface area contributed by atoms with Crippen LogP contribution in [0.25, 0.3) is 10.9 Å². The van der Waals surface area contributed by atoms with E-state index in [4.69, 9.17) is 21.1 Å². The fourth-order valence-corrected chi connectivity index (χ4v) is 4.49. The number of aliphatic hydroxyl groups excluding tert-OH is 1. The van der Waals surface area contributed by atoms with E-state index in [1.807, 2.05) is 4.90 Å². The molecule has 37 heavy (non-hydrogen) atoms. The summed E-state index contributed by atoms with van der Waals surface area (Å²) >= 11 is 6.27. The van der Waals surface area contributed by atoms with E-state index in [2.05, 4.69) is 21.7 Å². The molecule has 1 saturated heterocycles. The van der Waals surface area contributed by atoms with Crippen molar-refractivity contribution in [3.05, 3.63) is 53.2 Å². The number of nitriles is 1. The van der Waals surface area contributed by atoms with Gasteiger partial charge in [-0.2, -0.15) is 5.26 Å². The lowest BCUT2D eigenvalue weighted by Gasteiger charge is -2.19. The van der Waals surface area contributed by atoms with Crippen LogP contribution in [0.5, 0.6) is 17.2 Å². The Bertz CT molecular complexity index is 1340. The third kappa shape index (κ3) is 6.23. The minimum Gasteiger partial charge on any atom is -0.492 e. The van der Waals surface area contributed by atoms with E-state index in [0.717, 1.165) is 45.2 Å². The number of hydrogen-bond acceptors (Lipinski definition) is 7. The van der Waals surface area contributed by atoms with Gasteiger partial charge in [-0.05, 0) is 56.4 Å². The Morgan fingerprint density at radius 2 is 2.08 bits per heavy atom. The second-order valence-electron chi connectivity index (χ2n) is 9.26. The van der Waals surface area contributed by atoms with Crippen molar-refractivity contribution in [2.45, 2.75) is 44.4 Å². The van der Waals surface area contributed by atoms with E-state index in [1.54, 1.807) is 42.6 Å². The summed E-state index contributed by atoms with van der Waals surface area (Å²) in [5, 5.41) is 26.4. The highest BCUT2D eigenvalue weighted by Crippen LogP contribution is 2.35. The van der Waals surface area contributed by atoms with Gasteiger partial charge in [-0.1, -0.05) is 11.6 Å². The molecule has 1 saturated carbocycles. The number of fused-ring (bicyclic) bond motifs is 1. The highest BCUT2D eigenvalue weighted by atomic mass is 35.5. The maximum absolute atomic E-state index is 12.2. The van der Waals surface area contributed by atoms with E-state index >= 15 is 0 Å². The minimum atomic E-state index is -0.370. The maximum Gasteiger partial charge on any atom is 0.319 e. The van der Waals surface area contributed by atoms with Crippen LogP contribution in [0.3, 0.4) is 0 Å². The second-order valence-corrected chi connectivity index (χ2v) is 9.67. The van der Waals surface area contributed by atoms with Gasteiger partial charge in [-0.3, -0.25) is 9.88 Å². The van der Waals surface area contributed by atoms with E-state index in [0.29, 0.717) is 51.0 Å². The normalized spacial score (nSPS) is 17.4. The van der Waals surface area contributed by atoms with E-state index in [1.165, 1.54) is 0 Å². The molecule has 3 N–H and O–H groups in total. The van der Waals surface area contributed by atoms with Crippen LogP contribution in [0.2, 0.25) is 5.02 Å². The van der Waals surface area contributed by atoms with Gasteiger partial charge in [0.1, 0.15) is 29.5 Å². The first-order chi connectivity index (χ1) is 18.0. The van der Waals surface area contributed by atoms with Gasteiger partial charge < -0.3 is 25.2 Å². The Morgan fingerprint density at radius 1 is 1.22 bits per heavy atom. The van der Waals surface area contributed by atoms with Gasteiger partial charge in [-0.15, -0.1) is 0 Å². The van der Waals surface area contributed by atoms with Crippen LogP contribution < -0.4 is 20.1 Å². The average Bonchev–Trinajstić information content (AvgIpc) is 3.61. The number of carbonyl (C=O) groups excluding carboxylic acids is 1. The Kier molecular flexibility index (Phi) is 7.60. The SMILES string of the molecule is N#Cc1cc2c(Oc3ccc(Cl)c(NC(=O)NC4CC4)c3)ccnc2cc1OCCCN1CCC[C@H]1O. The van der Waals surface area contributed by atoms with Gasteiger partial charge in [0.15, 0.2) is 0 Å². The molecule has 1 aliphatic heterocycles. The first-order valence-corrected chi connectivity index (χ1v) is 12.8. The topological polar surface area (TPSA) is 120 Å². The molecule has 192 valence electrons. The summed E-state index contributed by atoms with van der Waals surface area (Å²) in [6, 6.07) is 12.3. The van der Waals surface area contributed by atoms with Crippen molar-refractivity contribution in [2.75, 3.05) is 25.0 Å². The molecule has 2 aliphatic rings. The number of urea groups is 1. The highest BCUT2D eigenvalue weighted by Gasteiger charge is 2.24. The maximum atomic E-state index is 12.2. The van der Waals surface area contributed by atoms with Crippen LogP contribution in [0.1, 0.15) is 37.7 Å². The van der Waals surface area contributed by atoms with Gasteiger partial charge >= 0.3 is 6.03 Å². The molecule has 2 amide bonds. The molecule has 1 atom stereocenters. The quantitative estimate of drug-likeness (QED) is 0.338. The summed E-state index contributed by atoms with van der Waals surface area (Å²) in [6.45, 7) is 2.06. The number of ether oxygens (including phenoxy) is 2. The fraction of sp³-hybridized carbons (Fsp3) is 0.370. The van der Waals surface area contributed by atoms with Crippen molar-refractivity contribution < 1.29 is 19.4 Å². The van der Waals surface area contributed by atoms with Crippen molar-refractivity contribution in [3.63, 3.8) is 0 Å². The van der Waals surface area contributed by atoms with Crippen LogP contribution in [0.15, 0.2) is 42.6 Å². The molecule has 3 aromatic rings. The molecular weight excluding hydrogens is 494 g/mol. The zero-order chi connectivity index (χ0) is 25.8.